The first-order valence-corrected chi connectivity index (χ1v) is 15.1. The number of nitrogens with two attached hydrogens (primary N) is 2. The molecule has 0 aliphatic carbocycles. The molecule has 0 aliphatic rings. The molecular formula is C33H44N8O4. The predicted molar refractivity (Wildman–Crippen MR) is 177 cm³/mol. The smallest absolute Gasteiger partial charge is 0.344 e. The van der Waals surface area contributed by atoms with E-state index in [0.29, 0.717) is 32.5 Å². The van der Waals surface area contributed by atoms with Gasteiger partial charge in [-0.3, -0.25) is 9.59 Å². The summed E-state index contributed by atoms with van der Waals surface area (Å²) in [5.74, 6) is -1.24. The number of rotatable bonds is 16. The number of urea groups is 1. The SMILES string of the molecule is CCNC(=O)/N=C(/N)NCCC[C@@H](NC(=O)C(c1ccccc1)c1ccc(NCCCN)cc1)C(=O)NCc1ccc(O)cc1. The molecule has 0 saturated heterocycles. The van der Waals surface area contributed by atoms with Gasteiger partial charge in [-0.2, -0.15) is 4.99 Å². The summed E-state index contributed by atoms with van der Waals surface area (Å²) in [6.07, 6.45) is 1.58. The average Bonchev–Trinajstić information content (AvgIpc) is 3.03. The van der Waals surface area contributed by atoms with E-state index in [0.717, 1.165) is 35.3 Å². The summed E-state index contributed by atoms with van der Waals surface area (Å²) in [5.41, 5.74) is 14.7. The number of nitrogens with zero attached hydrogens (tertiary/aromatic N) is 1. The molecule has 0 fully saturated rings. The summed E-state index contributed by atoms with van der Waals surface area (Å²) >= 11 is 0. The lowest BCUT2D eigenvalue weighted by atomic mass is 9.90. The molecule has 0 saturated carbocycles. The van der Waals surface area contributed by atoms with E-state index in [9.17, 15) is 19.5 Å². The van der Waals surface area contributed by atoms with Crippen LogP contribution in [0.15, 0.2) is 83.9 Å². The van der Waals surface area contributed by atoms with Crippen molar-refractivity contribution in [1.82, 2.24) is 21.3 Å². The number of anilines is 1. The largest absolute Gasteiger partial charge is 0.508 e. The second-order valence-corrected chi connectivity index (χ2v) is 10.4. The number of phenolic OH excluding ortho intramolecular Hbond substituents is 1. The molecule has 1 unspecified atom stereocenters. The number of carbonyl (C=O) groups is 3. The van der Waals surface area contributed by atoms with Gasteiger partial charge in [-0.25, -0.2) is 4.79 Å². The van der Waals surface area contributed by atoms with Gasteiger partial charge in [0.25, 0.3) is 0 Å². The zero-order valence-corrected chi connectivity index (χ0v) is 25.6. The summed E-state index contributed by atoms with van der Waals surface area (Å²) in [6, 6.07) is 22.2. The van der Waals surface area contributed by atoms with Crippen LogP contribution >= 0.6 is 0 Å². The lowest BCUT2D eigenvalue weighted by Gasteiger charge is -2.23. The lowest BCUT2D eigenvalue weighted by molar-refractivity contribution is -0.129. The van der Waals surface area contributed by atoms with Crippen LogP contribution in [0.4, 0.5) is 10.5 Å². The van der Waals surface area contributed by atoms with Crippen molar-refractivity contribution in [2.24, 2.45) is 16.5 Å². The standard InChI is InChI=1S/C33H44N8O4/c1-2-36-33(45)41-32(35)38-20-6-10-28(30(43)39-22-23-11-17-27(42)18-12-23)40-31(44)29(24-8-4-3-5-9-24)25-13-15-26(16-14-25)37-21-7-19-34/h3-5,8-9,11-18,28-29,37,42H,2,6-7,10,19-22,34H2,1H3,(H,39,43)(H,40,44)(H4,35,36,38,41,45)/t28-,29?/m1/s1. The monoisotopic (exact) mass is 616 g/mol. The maximum Gasteiger partial charge on any atom is 0.344 e. The number of hydrogen-bond donors (Lipinski definition) is 8. The highest BCUT2D eigenvalue weighted by Gasteiger charge is 2.28. The Morgan fingerprint density at radius 3 is 2.18 bits per heavy atom. The minimum Gasteiger partial charge on any atom is -0.508 e. The van der Waals surface area contributed by atoms with Gasteiger partial charge in [-0.1, -0.05) is 54.6 Å². The van der Waals surface area contributed by atoms with Gasteiger partial charge in [0.1, 0.15) is 11.8 Å². The van der Waals surface area contributed by atoms with Crippen LogP contribution in [0.25, 0.3) is 0 Å². The lowest BCUT2D eigenvalue weighted by Crippen LogP contribution is -2.48. The highest BCUT2D eigenvalue weighted by Crippen LogP contribution is 2.26. The Bertz CT molecular complexity index is 1380. The third kappa shape index (κ3) is 11.8. The van der Waals surface area contributed by atoms with Crippen LogP contribution in [-0.4, -0.2) is 61.1 Å². The van der Waals surface area contributed by atoms with Crippen LogP contribution in [0.1, 0.15) is 48.8 Å². The van der Waals surface area contributed by atoms with Crippen molar-refractivity contribution in [2.45, 2.75) is 44.7 Å². The summed E-state index contributed by atoms with van der Waals surface area (Å²) in [6.45, 7) is 4.09. The number of amides is 4. The molecule has 240 valence electrons. The Labute approximate surface area is 264 Å². The Kier molecular flexibility index (Phi) is 14.2. The quantitative estimate of drug-likeness (QED) is 0.0682. The molecule has 0 radical (unpaired) electrons. The predicted octanol–water partition coefficient (Wildman–Crippen LogP) is 2.50. The van der Waals surface area contributed by atoms with Crippen LogP contribution in [0.5, 0.6) is 5.75 Å². The second kappa shape index (κ2) is 18.5. The molecule has 0 bridgehead atoms. The van der Waals surface area contributed by atoms with Crippen LogP contribution in [-0.2, 0) is 16.1 Å². The van der Waals surface area contributed by atoms with Crippen LogP contribution in [0.3, 0.4) is 0 Å². The number of benzene rings is 3. The van der Waals surface area contributed by atoms with Crippen molar-refractivity contribution in [3.63, 3.8) is 0 Å². The first-order chi connectivity index (χ1) is 21.8. The zero-order valence-electron chi connectivity index (χ0n) is 25.6. The van der Waals surface area contributed by atoms with E-state index in [1.165, 1.54) is 0 Å². The number of carbonyl (C=O) groups excluding carboxylic acids is 3. The van der Waals surface area contributed by atoms with E-state index in [2.05, 4.69) is 31.6 Å². The summed E-state index contributed by atoms with van der Waals surface area (Å²) in [7, 11) is 0. The molecule has 2 atom stereocenters. The number of aliphatic imine (C=N–C) groups is 1. The van der Waals surface area contributed by atoms with E-state index in [-0.39, 0.29) is 30.1 Å². The van der Waals surface area contributed by atoms with Crippen molar-refractivity contribution in [1.29, 1.82) is 0 Å². The molecule has 45 heavy (non-hydrogen) atoms. The normalized spacial score (nSPS) is 12.4. The number of nitrogens with one attached hydrogen (secondary N) is 5. The number of aromatic hydroxyl groups is 1. The molecule has 12 nitrogen and oxygen atoms in total. The number of phenols is 1. The minimum absolute atomic E-state index is 0.0385. The molecule has 0 aromatic heterocycles. The van der Waals surface area contributed by atoms with Crippen LogP contribution < -0.4 is 38.1 Å². The highest BCUT2D eigenvalue weighted by atomic mass is 16.3. The third-order valence-electron chi connectivity index (χ3n) is 6.91. The first-order valence-electron chi connectivity index (χ1n) is 15.1. The van der Waals surface area contributed by atoms with Crippen molar-refractivity contribution in [2.75, 3.05) is 31.5 Å². The van der Waals surface area contributed by atoms with Gasteiger partial charge in [0.15, 0.2) is 5.96 Å². The molecule has 10 N–H and O–H groups in total. The van der Waals surface area contributed by atoms with E-state index < -0.39 is 18.0 Å². The van der Waals surface area contributed by atoms with Gasteiger partial charge in [-0.15, -0.1) is 0 Å². The molecule has 3 rings (SSSR count). The first kappa shape index (κ1) is 34.4. The topological polar surface area (TPSA) is 196 Å². The average molecular weight is 617 g/mol. The zero-order chi connectivity index (χ0) is 32.4. The molecule has 3 aromatic rings. The summed E-state index contributed by atoms with van der Waals surface area (Å²) in [5, 5.41) is 24.2. The van der Waals surface area contributed by atoms with Crippen LogP contribution in [0.2, 0.25) is 0 Å². The fourth-order valence-corrected chi connectivity index (χ4v) is 4.58. The van der Waals surface area contributed by atoms with Gasteiger partial charge in [0.05, 0.1) is 5.92 Å². The number of guanidine groups is 1. The van der Waals surface area contributed by atoms with Gasteiger partial charge in [-0.05, 0) is 73.7 Å². The summed E-state index contributed by atoms with van der Waals surface area (Å²) < 4.78 is 0. The van der Waals surface area contributed by atoms with E-state index >= 15 is 0 Å². The molecule has 3 aromatic carbocycles. The molecule has 12 heteroatoms. The van der Waals surface area contributed by atoms with Crippen molar-refractivity contribution in [3.8, 4) is 5.75 Å². The third-order valence-corrected chi connectivity index (χ3v) is 6.91. The molecular weight excluding hydrogens is 572 g/mol. The van der Waals surface area contributed by atoms with Gasteiger partial charge < -0.3 is 43.2 Å². The second-order valence-electron chi connectivity index (χ2n) is 10.4. The van der Waals surface area contributed by atoms with Crippen molar-refractivity contribution >= 4 is 29.5 Å². The van der Waals surface area contributed by atoms with Crippen LogP contribution in [0, 0.1) is 0 Å². The maximum absolute atomic E-state index is 13.9. The Morgan fingerprint density at radius 2 is 1.51 bits per heavy atom. The van der Waals surface area contributed by atoms with Gasteiger partial charge in [0, 0.05) is 31.9 Å². The fourth-order valence-electron chi connectivity index (χ4n) is 4.58. The molecule has 0 spiro atoms. The van der Waals surface area contributed by atoms with Crippen molar-refractivity contribution < 1.29 is 19.5 Å². The van der Waals surface area contributed by atoms with E-state index in [1.54, 1.807) is 31.2 Å². The maximum atomic E-state index is 13.9. The minimum atomic E-state index is -0.860. The van der Waals surface area contributed by atoms with Gasteiger partial charge in [0.2, 0.25) is 11.8 Å². The Balaban J connectivity index is 1.76. The molecule has 4 amide bonds. The molecule has 0 aliphatic heterocycles. The summed E-state index contributed by atoms with van der Waals surface area (Å²) in [4.78, 5) is 42.7. The highest BCUT2D eigenvalue weighted by molar-refractivity contribution is 5.93. The fraction of sp³-hybridized carbons (Fsp3) is 0.333. The van der Waals surface area contributed by atoms with E-state index in [4.69, 9.17) is 11.5 Å². The Morgan fingerprint density at radius 1 is 0.822 bits per heavy atom. The number of hydrogen-bond acceptors (Lipinski definition) is 6. The molecule has 0 heterocycles. The van der Waals surface area contributed by atoms with Gasteiger partial charge >= 0.3 is 6.03 Å². The Hall–Kier alpha value is -5.10. The van der Waals surface area contributed by atoms with Crippen molar-refractivity contribution in [3.05, 3.63) is 95.6 Å². The van der Waals surface area contributed by atoms with E-state index in [1.807, 2.05) is 54.6 Å².